The Bertz CT molecular complexity index is 985. The number of non-ortho nitro benzene ring substituents is 1. The van der Waals surface area contributed by atoms with Gasteiger partial charge in [-0.25, -0.2) is 12.8 Å². The average Bonchev–Trinajstić information content (AvgIpc) is 2.60. The Morgan fingerprint density at radius 1 is 1.17 bits per heavy atom. The largest absolute Gasteiger partial charge is 0.419 e. The molecule has 0 fully saturated rings. The number of rotatable bonds is 6. The second-order valence-electron chi connectivity index (χ2n) is 5.88. The van der Waals surface area contributed by atoms with E-state index >= 15 is 0 Å². The van der Waals surface area contributed by atoms with Gasteiger partial charge in [-0.3, -0.25) is 10.1 Å². The van der Waals surface area contributed by atoms with Crippen LogP contribution < -0.4 is 5.73 Å². The predicted octanol–water partition coefficient (Wildman–Crippen LogP) is 3.50. The molecular formula is C16H16ClF4N3O4S. The molecular weight excluding hydrogens is 442 g/mol. The number of likely N-dealkylation sites (N-methyl/N-ethyl adjacent to an activating group) is 1. The maximum atomic E-state index is 13.7. The van der Waals surface area contributed by atoms with Crippen LogP contribution in [0, 0.1) is 15.9 Å². The molecule has 0 heterocycles. The molecule has 0 saturated carbocycles. The summed E-state index contributed by atoms with van der Waals surface area (Å²) in [7, 11) is -2.89. The number of nitro benzene ring substituents is 1. The molecule has 0 aliphatic rings. The fraction of sp³-hybridized carbons (Fsp3) is 0.250. The van der Waals surface area contributed by atoms with E-state index in [0.717, 1.165) is 34.6 Å². The number of nitro groups is 1. The van der Waals surface area contributed by atoms with Crippen molar-refractivity contribution in [2.75, 3.05) is 13.6 Å². The number of hydrogen-bond acceptors (Lipinski definition) is 5. The lowest BCUT2D eigenvalue weighted by Crippen LogP contribution is -2.34. The molecule has 0 aliphatic heterocycles. The maximum Gasteiger partial charge on any atom is 0.419 e. The van der Waals surface area contributed by atoms with Gasteiger partial charge in [-0.1, -0.05) is 6.07 Å². The van der Waals surface area contributed by atoms with Crippen LogP contribution in [0.5, 0.6) is 0 Å². The van der Waals surface area contributed by atoms with Crippen LogP contribution in [0.25, 0.3) is 0 Å². The summed E-state index contributed by atoms with van der Waals surface area (Å²) >= 11 is 0. The first kappa shape index (κ1) is 24.8. The molecule has 29 heavy (non-hydrogen) atoms. The lowest BCUT2D eigenvalue weighted by molar-refractivity contribution is -0.384. The normalized spacial score (nSPS) is 13.1. The van der Waals surface area contributed by atoms with Crippen LogP contribution in [-0.4, -0.2) is 31.2 Å². The van der Waals surface area contributed by atoms with Crippen molar-refractivity contribution in [1.29, 1.82) is 0 Å². The Labute approximate surface area is 169 Å². The molecule has 2 aromatic carbocycles. The van der Waals surface area contributed by atoms with Crippen molar-refractivity contribution in [3.63, 3.8) is 0 Å². The maximum absolute atomic E-state index is 13.7. The minimum Gasteiger partial charge on any atom is -0.323 e. The first-order valence-corrected chi connectivity index (χ1v) is 9.11. The summed E-state index contributed by atoms with van der Waals surface area (Å²) in [6, 6.07) is 5.16. The molecule has 0 unspecified atom stereocenters. The Balaban J connectivity index is 0.00000420. The van der Waals surface area contributed by atoms with Gasteiger partial charge in [0, 0.05) is 31.8 Å². The highest BCUT2D eigenvalue weighted by atomic mass is 35.5. The topological polar surface area (TPSA) is 107 Å². The van der Waals surface area contributed by atoms with Gasteiger partial charge in [0.25, 0.3) is 5.69 Å². The number of sulfonamides is 1. The SMILES string of the molecule is CN(C[C@H](N)c1ccc(C(F)(F)F)c(F)c1)S(=O)(=O)c1ccc([N+](=O)[O-])cc1.Cl. The summed E-state index contributed by atoms with van der Waals surface area (Å²) in [4.78, 5) is 9.72. The van der Waals surface area contributed by atoms with E-state index in [1.165, 1.54) is 7.05 Å². The van der Waals surface area contributed by atoms with Crippen molar-refractivity contribution in [3.05, 3.63) is 69.5 Å². The summed E-state index contributed by atoms with van der Waals surface area (Å²) in [5, 5.41) is 10.6. The zero-order valence-electron chi connectivity index (χ0n) is 14.8. The standard InChI is InChI=1S/C16H15F4N3O4S.ClH/c1-22(28(26,27)12-5-3-11(4-6-12)23(24)25)9-15(21)10-2-7-13(14(17)8-10)16(18,19)20;/h2-8,15H,9,21H2,1H3;1H/t15-;/m0./s1. The van der Waals surface area contributed by atoms with Gasteiger partial charge in [0.15, 0.2) is 0 Å². The monoisotopic (exact) mass is 457 g/mol. The number of halogens is 5. The second-order valence-corrected chi connectivity index (χ2v) is 7.92. The fourth-order valence-corrected chi connectivity index (χ4v) is 3.59. The molecule has 1 atom stereocenters. The van der Waals surface area contributed by atoms with Gasteiger partial charge in [0.05, 0.1) is 15.4 Å². The van der Waals surface area contributed by atoms with E-state index in [-0.39, 0.29) is 35.1 Å². The Morgan fingerprint density at radius 2 is 1.72 bits per heavy atom. The third-order valence-corrected chi connectivity index (χ3v) is 5.77. The van der Waals surface area contributed by atoms with Crippen LogP contribution in [0.4, 0.5) is 23.2 Å². The Hall–Kier alpha value is -2.28. The molecule has 2 aromatic rings. The van der Waals surface area contributed by atoms with Gasteiger partial charge in [0.2, 0.25) is 10.0 Å². The molecule has 7 nitrogen and oxygen atoms in total. The van der Waals surface area contributed by atoms with Crippen molar-refractivity contribution in [2.45, 2.75) is 17.1 Å². The number of alkyl halides is 3. The smallest absolute Gasteiger partial charge is 0.323 e. The zero-order chi connectivity index (χ0) is 21.3. The average molecular weight is 458 g/mol. The van der Waals surface area contributed by atoms with Crippen molar-refractivity contribution >= 4 is 28.1 Å². The first-order chi connectivity index (χ1) is 12.8. The third-order valence-electron chi connectivity index (χ3n) is 3.94. The van der Waals surface area contributed by atoms with Crippen LogP contribution in [0.2, 0.25) is 0 Å². The highest BCUT2D eigenvalue weighted by molar-refractivity contribution is 7.89. The fourth-order valence-electron chi connectivity index (χ4n) is 2.39. The van der Waals surface area contributed by atoms with E-state index in [1.807, 2.05) is 0 Å². The molecule has 0 spiro atoms. The zero-order valence-corrected chi connectivity index (χ0v) is 16.4. The molecule has 0 bridgehead atoms. The lowest BCUT2D eigenvalue weighted by atomic mass is 10.0. The van der Waals surface area contributed by atoms with E-state index in [4.69, 9.17) is 5.73 Å². The minimum absolute atomic E-state index is 0. The van der Waals surface area contributed by atoms with Crippen molar-refractivity contribution in [3.8, 4) is 0 Å². The van der Waals surface area contributed by atoms with Gasteiger partial charge in [-0.05, 0) is 29.8 Å². The van der Waals surface area contributed by atoms with Gasteiger partial charge < -0.3 is 5.73 Å². The summed E-state index contributed by atoms with van der Waals surface area (Å²) < 4.78 is 77.4. The van der Waals surface area contributed by atoms with Gasteiger partial charge in [-0.15, -0.1) is 12.4 Å². The van der Waals surface area contributed by atoms with Gasteiger partial charge in [0.1, 0.15) is 5.82 Å². The van der Waals surface area contributed by atoms with Crippen molar-refractivity contribution in [2.24, 2.45) is 5.73 Å². The van der Waals surface area contributed by atoms with Crippen LogP contribution >= 0.6 is 12.4 Å². The number of hydrogen-bond donors (Lipinski definition) is 1. The summed E-state index contributed by atoms with van der Waals surface area (Å²) in [6.07, 6.45) is -4.86. The van der Waals surface area contributed by atoms with Gasteiger partial charge >= 0.3 is 6.18 Å². The molecule has 2 N–H and O–H groups in total. The van der Waals surface area contributed by atoms with E-state index in [1.54, 1.807) is 0 Å². The third kappa shape index (κ3) is 5.63. The quantitative estimate of drug-likeness (QED) is 0.406. The highest BCUT2D eigenvalue weighted by Crippen LogP contribution is 2.32. The van der Waals surface area contributed by atoms with Crippen molar-refractivity contribution < 1.29 is 30.9 Å². The number of benzene rings is 2. The van der Waals surface area contributed by atoms with Crippen LogP contribution in [0.1, 0.15) is 17.2 Å². The Morgan fingerprint density at radius 3 is 2.17 bits per heavy atom. The molecule has 13 heteroatoms. The highest BCUT2D eigenvalue weighted by Gasteiger charge is 2.34. The molecule has 0 amide bonds. The number of nitrogens with zero attached hydrogens (tertiary/aromatic N) is 2. The Kier molecular flexibility index (Phi) is 7.71. The van der Waals surface area contributed by atoms with Crippen LogP contribution in [0.15, 0.2) is 47.4 Å². The molecule has 0 saturated heterocycles. The van der Waals surface area contributed by atoms with Gasteiger partial charge in [-0.2, -0.15) is 17.5 Å². The molecule has 0 radical (unpaired) electrons. The lowest BCUT2D eigenvalue weighted by Gasteiger charge is -2.22. The predicted molar refractivity (Wildman–Crippen MR) is 98.5 cm³/mol. The summed E-state index contributed by atoms with van der Waals surface area (Å²) in [6.45, 7) is -0.357. The van der Waals surface area contributed by atoms with E-state index in [2.05, 4.69) is 0 Å². The van der Waals surface area contributed by atoms with E-state index < -0.39 is 38.5 Å². The molecule has 160 valence electrons. The molecule has 2 rings (SSSR count). The van der Waals surface area contributed by atoms with E-state index in [9.17, 15) is 36.1 Å². The second kappa shape index (κ2) is 9.03. The van der Waals surface area contributed by atoms with Crippen LogP contribution in [-0.2, 0) is 16.2 Å². The van der Waals surface area contributed by atoms with E-state index in [0.29, 0.717) is 12.1 Å². The molecule has 0 aliphatic carbocycles. The molecule has 0 aromatic heterocycles. The summed E-state index contributed by atoms with van der Waals surface area (Å²) in [5.41, 5.74) is 4.06. The van der Waals surface area contributed by atoms with Crippen LogP contribution in [0.3, 0.4) is 0 Å². The van der Waals surface area contributed by atoms with Crippen molar-refractivity contribution in [1.82, 2.24) is 4.31 Å². The number of nitrogens with two attached hydrogens (primary N) is 1. The summed E-state index contributed by atoms with van der Waals surface area (Å²) in [5.74, 6) is -1.51. The minimum atomic E-state index is -4.86. The first-order valence-electron chi connectivity index (χ1n) is 7.67.